The van der Waals surface area contributed by atoms with Gasteiger partial charge in [0.2, 0.25) is 0 Å². The summed E-state index contributed by atoms with van der Waals surface area (Å²) in [5, 5.41) is 1.09. The molecular weight excluding hydrogens is 420 g/mol. The Bertz CT molecular complexity index is 1060. The van der Waals surface area contributed by atoms with Crippen LogP contribution in [0.3, 0.4) is 0 Å². The van der Waals surface area contributed by atoms with Crippen LogP contribution in [0.2, 0.25) is 0 Å². The van der Waals surface area contributed by atoms with Gasteiger partial charge in [0.1, 0.15) is 0 Å². The summed E-state index contributed by atoms with van der Waals surface area (Å²) in [4.78, 5) is 8.84. The molecule has 0 atom stereocenters. The highest BCUT2D eigenvalue weighted by Crippen LogP contribution is 2.39. The Hall–Kier alpha value is -2.39. The molecule has 0 saturated carbocycles. The minimum absolute atomic E-state index is 0.373. The third-order valence-electron chi connectivity index (χ3n) is 6.82. The first kappa shape index (κ1) is 23.8. The van der Waals surface area contributed by atoms with Crippen LogP contribution in [-0.4, -0.2) is 11.5 Å². The minimum atomic E-state index is 0.373. The fourth-order valence-electron chi connectivity index (χ4n) is 5.11. The van der Waals surface area contributed by atoms with Crippen LogP contribution in [-0.2, 0) is 32.1 Å². The zero-order valence-corrected chi connectivity index (χ0v) is 21.4. The molecule has 1 heterocycles. The van der Waals surface area contributed by atoms with Crippen LogP contribution >= 0.6 is 11.3 Å². The number of benzene rings is 1. The molecule has 2 nitrogen and oxygen atoms in total. The summed E-state index contributed by atoms with van der Waals surface area (Å²) in [6.45, 7) is 16.4. The van der Waals surface area contributed by atoms with E-state index in [1.54, 1.807) is 5.56 Å². The third-order valence-corrected chi connectivity index (χ3v) is 8.00. The second-order valence-electron chi connectivity index (χ2n) is 10.3. The molecule has 0 unspecified atom stereocenters. The molecule has 2 aliphatic rings. The van der Waals surface area contributed by atoms with Crippen molar-refractivity contribution >= 4 is 16.5 Å². The van der Waals surface area contributed by atoms with Gasteiger partial charge in [0, 0.05) is 17.1 Å². The normalized spacial score (nSPS) is 16.8. The Morgan fingerprint density at radius 1 is 1.15 bits per heavy atom. The average molecular weight is 459 g/mol. The van der Waals surface area contributed by atoms with Crippen LogP contribution in [0.1, 0.15) is 67.3 Å². The molecule has 0 N–H and O–H groups in total. The molecular formula is C30H38N2S. The Morgan fingerprint density at radius 2 is 1.97 bits per heavy atom. The lowest BCUT2D eigenvalue weighted by atomic mass is 9.89. The zero-order chi connectivity index (χ0) is 23.4. The molecule has 174 valence electrons. The van der Waals surface area contributed by atoms with Crippen molar-refractivity contribution in [3.05, 3.63) is 94.2 Å². The van der Waals surface area contributed by atoms with Gasteiger partial charge in [-0.05, 0) is 86.0 Å². The van der Waals surface area contributed by atoms with E-state index in [9.17, 15) is 0 Å². The van der Waals surface area contributed by atoms with Crippen LogP contribution in [0.25, 0.3) is 0 Å². The third kappa shape index (κ3) is 5.76. The molecule has 0 amide bonds. The van der Waals surface area contributed by atoms with Crippen LogP contribution in [0.5, 0.6) is 0 Å². The Kier molecular flexibility index (Phi) is 7.38. The van der Waals surface area contributed by atoms with Crippen LogP contribution < -0.4 is 4.90 Å². The van der Waals surface area contributed by atoms with E-state index in [-0.39, 0.29) is 0 Å². The van der Waals surface area contributed by atoms with Gasteiger partial charge in [-0.2, -0.15) is 0 Å². The number of fused-ring (bicyclic) bond motifs is 2. The van der Waals surface area contributed by atoms with Crippen LogP contribution in [0.4, 0.5) is 5.13 Å². The molecule has 0 aliphatic heterocycles. The number of anilines is 1. The molecule has 0 radical (unpaired) electrons. The summed E-state index contributed by atoms with van der Waals surface area (Å²) in [5.41, 5.74) is 8.49. The topological polar surface area (TPSA) is 16.1 Å². The Morgan fingerprint density at radius 3 is 2.76 bits per heavy atom. The highest BCUT2D eigenvalue weighted by molar-refractivity contribution is 7.15. The van der Waals surface area contributed by atoms with E-state index in [0.717, 1.165) is 42.2 Å². The Balaban J connectivity index is 1.52. The second-order valence-corrected chi connectivity index (χ2v) is 11.4. The number of rotatable bonds is 9. The van der Waals surface area contributed by atoms with Crippen molar-refractivity contribution < 1.29 is 0 Å². The SMILES string of the molecule is C=C(/C=C\C=C/C)CN(C(=C)CCc1cccc2c1CC(C)(C)C2)c1nc2c(s1)CCCC2. The quantitative estimate of drug-likeness (QED) is 0.357. The number of hydrogen-bond acceptors (Lipinski definition) is 3. The lowest BCUT2D eigenvalue weighted by molar-refractivity contribution is 0.392. The maximum atomic E-state index is 5.06. The Labute approximate surface area is 204 Å². The van der Waals surface area contributed by atoms with Crippen molar-refractivity contribution in [1.29, 1.82) is 0 Å². The van der Waals surface area contributed by atoms with Gasteiger partial charge >= 0.3 is 0 Å². The van der Waals surface area contributed by atoms with E-state index >= 15 is 0 Å². The maximum Gasteiger partial charge on any atom is 0.190 e. The van der Waals surface area contributed by atoms with Crippen LogP contribution in [0, 0.1) is 5.41 Å². The number of allylic oxidation sites excluding steroid dienone is 4. The van der Waals surface area contributed by atoms with Gasteiger partial charge in [0.05, 0.1) is 5.69 Å². The van der Waals surface area contributed by atoms with Crippen molar-refractivity contribution in [3.8, 4) is 0 Å². The van der Waals surface area contributed by atoms with Crippen molar-refractivity contribution in [2.45, 2.75) is 72.1 Å². The lowest BCUT2D eigenvalue weighted by Crippen LogP contribution is -2.24. The van der Waals surface area contributed by atoms with Gasteiger partial charge in [-0.3, -0.25) is 0 Å². The first-order chi connectivity index (χ1) is 15.9. The van der Waals surface area contributed by atoms with Gasteiger partial charge in [-0.25, -0.2) is 4.98 Å². The highest BCUT2D eigenvalue weighted by Gasteiger charge is 2.29. The highest BCUT2D eigenvalue weighted by atomic mass is 32.1. The molecule has 1 aromatic carbocycles. The van der Waals surface area contributed by atoms with E-state index in [1.165, 1.54) is 53.8 Å². The summed E-state index contributed by atoms with van der Waals surface area (Å²) in [6.07, 6.45) is 17.4. The fourth-order valence-corrected chi connectivity index (χ4v) is 6.30. The van der Waals surface area contributed by atoms with E-state index in [0.29, 0.717) is 5.41 Å². The molecule has 0 fully saturated rings. The standard InChI is InChI=1S/C30H38N2S/c1-6-7-8-12-22(2)21-32(29-31-27-15-9-10-16-28(27)33-29)23(3)17-18-24-13-11-14-25-19-30(4,5)20-26(24)25/h6-8,11-14H,2-3,9-10,15-21H2,1,4-5H3/b7-6-,12-8-. The van der Waals surface area contributed by atoms with Gasteiger partial charge in [0.25, 0.3) is 0 Å². The first-order valence-corrected chi connectivity index (χ1v) is 13.2. The monoisotopic (exact) mass is 458 g/mol. The zero-order valence-electron chi connectivity index (χ0n) is 20.6. The lowest BCUT2D eigenvalue weighted by Gasteiger charge is -2.25. The van der Waals surface area contributed by atoms with Gasteiger partial charge in [-0.1, -0.05) is 69.5 Å². The second kappa shape index (κ2) is 10.3. The molecule has 2 aliphatic carbocycles. The van der Waals surface area contributed by atoms with Crippen molar-refractivity contribution in [1.82, 2.24) is 4.98 Å². The summed E-state index contributed by atoms with van der Waals surface area (Å²) in [7, 11) is 0. The number of hydrogen-bond donors (Lipinski definition) is 0. The predicted octanol–water partition coefficient (Wildman–Crippen LogP) is 7.79. The average Bonchev–Trinajstić information content (AvgIpc) is 3.35. The smallest absolute Gasteiger partial charge is 0.190 e. The van der Waals surface area contributed by atoms with Crippen molar-refractivity contribution in [3.63, 3.8) is 0 Å². The van der Waals surface area contributed by atoms with Crippen LogP contribution in [0.15, 0.2) is 66.9 Å². The minimum Gasteiger partial charge on any atom is -0.318 e. The van der Waals surface area contributed by atoms with E-state index < -0.39 is 0 Å². The van der Waals surface area contributed by atoms with Gasteiger partial charge in [-0.15, -0.1) is 11.3 Å². The van der Waals surface area contributed by atoms with Gasteiger partial charge in [0.15, 0.2) is 5.13 Å². The number of aromatic nitrogens is 1. The van der Waals surface area contributed by atoms with Crippen molar-refractivity contribution in [2.75, 3.05) is 11.4 Å². The molecule has 1 aromatic heterocycles. The van der Waals surface area contributed by atoms with Gasteiger partial charge < -0.3 is 4.90 Å². The molecule has 0 spiro atoms. The number of nitrogens with zero attached hydrogens (tertiary/aromatic N) is 2. The molecule has 3 heteroatoms. The first-order valence-electron chi connectivity index (χ1n) is 12.4. The summed E-state index contributed by atoms with van der Waals surface area (Å²) in [6, 6.07) is 6.87. The summed E-state index contributed by atoms with van der Waals surface area (Å²) < 4.78 is 0. The van der Waals surface area contributed by atoms with Crippen molar-refractivity contribution in [2.24, 2.45) is 5.41 Å². The maximum absolute atomic E-state index is 5.06. The van der Waals surface area contributed by atoms with E-state index in [1.807, 2.05) is 30.4 Å². The number of thiazole rings is 1. The molecule has 4 rings (SSSR count). The van der Waals surface area contributed by atoms with E-state index in [2.05, 4.69) is 62.3 Å². The molecule has 33 heavy (non-hydrogen) atoms. The molecule has 0 bridgehead atoms. The molecule has 2 aromatic rings. The fraction of sp³-hybridized carbons (Fsp3) is 0.433. The van der Waals surface area contributed by atoms with E-state index in [4.69, 9.17) is 4.98 Å². The summed E-state index contributed by atoms with van der Waals surface area (Å²) >= 11 is 1.86. The number of aryl methyl sites for hydroxylation is 3. The predicted molar refractivity (Wildman–Crippen MR) is 144 cm³/mol. The summed E-state index contributed by atoms with van der Waals surface area (Å²) in [5.74, 6) is 0. The largest absolute Gasteiger partial charge is 0.318 e. The molecule has 0 saturated heterocycles.